The van der Waals surface area contributed by atoms with Crippen molar-refractivity contribution in [2.75, 3.05) is 5.73 Å². The molecule has 0 radical (unpaired) electrons. The summed E-state index contributed by atoms with van der Waals surface area (Å²) >= 11 is 0. The fourth-order valence-electron chi connectivity index (χ4n) is 2.44. The van der Waals surface area contributed by atoms with Crippen LogP contribution in [0.1, 0.15) is 48.9 Å². The van der Waals surface area contributed by atoms with Crippen LogP contribution in [0.15, 0.2) is 18.2 Å². The molecule has 0 unspecified atom stereocenters. The maximum absolute atomic E-state index is 13.2. The van der Waals surface area contributed by atoms with Gasteiger partial charge in [-0.25, -0.2) is 4.39 Å². The number of halogens is 1. The Morgan fingerprint density at radius 2 is 1.83 bits per heavy atom. The second-order valence-electron chi connectivity index (χ2n) is 4.94. The zero-order valence-corrected chi connectivity index (χ0v) is 10.4. The summed E-state index contributed by atoms with van der Waals surface area (Å²) in [5.41, 5.74) is 6.12. The van der Waals surface area contributed by atoms with Crippen LogP contribution in [0.5, 0.6) is 0 Å². The Labute approximate surface area is 107 Å². The molecule has 0 spiro atoms. The Morgan fingerprint density at radius 3 is 2.44 bits per heavy atom. The maximum atomic E-state index is 13.2. The second-order valence-corrected chi connectivity index (χ2v) is 4.94. The molecular weight excluding hydrogens is 231 g/mol. The van der Waals surface area contributed by atoms with Gasteiger partial charge in [-0.05, 0) is 31.0 Å². The predicted octanol–water partition coefficient (Wildman–Crippen LogP) is 2.86. The van der Waals surface area contributed by atoms with Crippen molar-refractivity contribution < 1.29 is 9.18 Å². The van der Waals surface area contributed by atoms with Crippen LogP contribution in [0.3, 0.4) is 0 Å². The highest BCUT2D eigenvalue weighted by Crippen LogP contribution is 2.18. The molecule has 0 aromatic heterocycles. The van der Waals surface area contributed by atoms with Gasteiger partial charge in [0.1, 0.15) is 5.82 Å². The van der Waals surface area contributed by atoms with Crippen LogP contribution in [-0.2, 0) is 0 Å². The van der Waals surface area contributed by atoms with Gasteiger partial charge in [-0.3, -0.25) is 4.79 Å². The van der Waals surface area contributed by atoms with Gasteiger partial charge >= 0.3 is 0 Å². The van der Waals surface area contributed by atoms with E-state index in [0.29, 0.717) is 5.56 Å². The van der Waals surface area contributed by atoms with Crippen LogP contribution in [0.2, 0.25) is 0 Å². The fraction of sp³-hybridized carbons (Fsp3) is 0.500. The minimum Gasteiger partial charge on any atom is -0.399 e. The quantitative estimate of drug-likeness (QED) is 0.626. The molecule has 4 heteroatoms. The molecule has 0 bridgehead atoms. The molecule has 1 amide bonds. The number of hydrogen-bond donors (Lipinski definition) is 2. The first-order valence-corrected chi connectivity index (χ1v) is 6.52. The van der Waals surface area contributed by atoms with Gasteiger partial charge in [0.05, 0.1) is 0 Å². The third-order valence-electron chi connectivity index (χ3n) is 3.37. The first-order chi connectivity index (χ1) is 8.65. The molecular formula is C14H19FN2O. The predicted molar refractivity (Wildman–Crippen MR) is 69.8 cm³/mol. The Bertz CT molecular complexity index is 406. The second kappa shape index (κ2) is 5.85. The molecule has 1 aliphatic carbocycles. The summed E-state index contributed by atoms with van der Waals surface area (Å²) in [5, 5.41) is 2.97. The van der Waals surface area contributed by atoms with Crippen LogP contribution in [0.4, 0.5) is 10.1 Å². The number of carbonyl (C=O) groups excluding carboxylic acids is 1. The molecule has 0 saturated heterocycles. The lowest BCUT2D eigenvalue weighted by atomic mass is 10.1. The highest BCUT2D eigenvalue weighted by molar-refractivity contribution is 5.95. The number of nitrogens with two attached hydrogens (primary N) is 1. The van der Waals surface area contributed by atoms with E-state index >= 15 is 0 Å². The minimum atomic E-state index is -0.471. The van der Waals surface area contributed by atoms with E-state index in [1.54, 1.807) is 0 Å². The summed E-state index contributed by atoms with van der Waals surface area (Å²) < 4.78 is 13.2. The van der Waals surface area contributed by atoms with Crippen molar-refractivity contribution in [3.63, 3.8) is 0 Å². The molecule has 18 heavy (non-hydrogen) atoms. The summed E-state index contributed by atoms with van der Waals surface area (Å²) in [5.74, 6) is -0.700. The van der Waals surface area contributed by atoms with E-state index in [9.17, 15) is 9.18 Å². The van der Waals surface area contributed by atoms with Gasteiger partial charge in [-0.1, -0.05) is 25.7 Å². The van der Waals surface area contributed by atoms with E-state index in [1.165, 1.54) is 31.0 Å². The molecule has 0 heterocycles. The summed E-state index contributed by atoms with van der Waals surface area (Å²) in [6, 6.07) is 4.16. The first kappa shape index (κ1) is 12.9. The van der Waals surface area contributed by atoms with Gasteiger partial charge in [-0.15, -0.1) is 0 Å². The fourth-order valence-corrected chi connectivity index (χ4v) is 2.44. The van der Waals surface area contributed by atoms with Gasteiger partial charge in [0, 0.05) is 17.3 Å². The largest absolute Gasteiger partial charge is 0.399 e. The third kappa shape index (κ3) is 3.45. The molecule has 1 fully saturated rings. The smallest absolute Gasteiger partial charge is 0.251 e. The monoisotopic (exact) mass is 250 g/mol. The van der Waals surface area contributed by atoms with Crippen LogP contribution in [-0.4, -0.2) is 11.9 Å². The van der Waals surface area contributed by atoms with Crippen molar-refractivity contribution in [2.24, 2.45) is 0 Å². The molecule has 1 saturated carbocycles. The zero-order valence-electron chi connectivity index (χ0n) is 10.4. The van der Waals surface area contributed by atoms with Gasteiger partial charge in [0.2, 0.25) is 0 Å². The minimum absolute atomic E-state index is 0.212. The van der Waals surface area contributed by atoms with Gasteiger partial charge < -0.3 is 11.1 Å². The molecule has 3 nitrogen and oxygen atoms in total. The number of benzene rings is 1. The van der Waals surface area contributed by atoms with Crippen molar-refractivity contribution in [3.8, 4) is 0 Å². The Hall–Kier alpha value is -1.58. The average Bonchev–Trinajstić information content (AvgIpc) is 2.56. The molecule has 1 aromatic carbocycles. The zero-order chi connectivity index (χ0) is 13.0. The van der Waals surface area contributed by atoms with Crippen LogP contribution in [0.25, 0.3) is 0 Å². The maximum Gasteiger partial charge on any atom is 0.251 e. The van der Waals surface area contributed by atoms with Crippen molar-refractivity contribution >= 4 is 11.6 Å². The summed E-state index contributed by atoms with van der Waals surface area (Å²) in [7, 11) is 0. The summed E-state index contributed by atoms with van der Waals surface area (Å²) in [6.45, 7) is 0. The van der Waals surface area contributed by atoms with E-state index in [-0.39, 0.29) is 17.6 Å². The first-order valence-electron chi connectivity index (χ1n) is 6.52. The molecule has 0 aliphatic heterocycles. The van der Waals surface area contributed by atoms with Crippen molar-refractivity contribution in [2.45, 2.75) is 44.6 Å². The highest BCUT2D eigenvalue weighted by atomic mass is 19.1. The number of carbonyl (C=O) groups is 1. The Balaban J connectivity index is 2.01. The lowest BCUT2D eigenvalue weighted by Crippen LogP contribution is -2.34. The van der Waals surface area contributed by atoms with Crippen LogP contribution >= 0.6 is 0 Å². The van der Waals surface area contributed by atoms with E-state index in [0.717, 1.165) is 25.7 Å². The molecule has 1 aliphatic rings. The van der Waals surface area contributed by atoms with E-state index in [2.05, 4.69) is 5.32 Å². The topological polar surface area (TPSA) is 55.1 Å². The van der Waals surface area contributed by atoms with Crippen molar-refractivity contribution in [1.82, 2.24) is 5.32 Å². The van der Waals surface area contributed by atoms with Gasteiger partial charge in [0.15, 0.2) is 0 Å². The number of nitrogens with one attached hydrogen (secondary N) is 1. The van der Waals surface area contributed by atoms with E-state index in [1.807, 2.05) is 0 Å². The van der Waals surface area contributed by atoms with Crippen LogP contribution in [0, 0.1) is 5.82 Å². The standard InChI is InChI=1S/C14H19FN2O/c15-11-7-10(8-12(16)9-11)14(18)17-13-5-3-1-2-4-6-13/h7-9,13H,1-6,16H2,(H,17,18). The van der Waals surface area contributed by atoms with Gasteiger partial charge in [-0.2, -0.15) is 0 Å². The highest BCUT2D eigenvalue weighted by Gasteiger charge is 2.16. The number of rotatable bonds is 2. The number of hydrogen-bond acceptors (Lipinski definition) is 2. The summed E-state index contributed by atoms with van der Waals surface area (Å²) in [6.07, 6.45) is 6.79. The number of amides is 1. The van der Waals surface area contributed by atoms with Gasteiger partial charge in [0.25, 0.3) is 5.91 Å². The summed E-state index contributed by atoms with van der Waals surface area (Å²) in [4.78, 5) is 12.0. The SMILES string of the molecule is Nc1cc(F)cc(C(=O)NC2CCCCCC2)c1. The van der Waals surface area contributed by atoms with E-state index < -0.39 is 5.82 Å². The number of nitrogen functional groups attached to an aromatic ring is 1. The molecule has 98 valence electrons. The normalized spacial score (nSPS) is 17.2. The lowest BCUT2D eigenvalue weighted by molar-refractivity contribution is 0.0933. The average molecular weight is 250 g/mol. The Kier molecular flexibility index (Phi) is 4.18. The molecule has 0 atom stereocenters. The molecule has 2 rings (SSSR count). The van der Waals surface area contributed by atoms with Crippen molar-refractivity contribution in [1.29, 1.82) is 0 Å². The number of anilines is 1. The third-order valence-corrected chi connectivity index (χ3v) is 3.37. The molecule has 3 N–H and O–H groups in total. The Morgan fingerprint density at radius 1 is 1.17 bits per heavy atom. The van der Waals surface area contributed by atoms with E-state index in [4.69, 9.17) is 5.73 Å². The van der Waals surface area contributed by atoms with Crippen LogP contribution < -0.4 is 11.1 Å². The molecule has 1 aromatic rings. The lowest BCUT2D eigenvalue weighted by Gasteiger charge is -2.16. The van der Waals surface area contributed by atoms with Crippen molar-refractivity contribution in [3.05, 3.63) is 29.6 Å².